The fraction of sp³-hybridized carbons (Fsp3) is 0.800. The van der Waals surface area contributed by atoms with Gasteiger partial charge in [-0.05, 0) is 12.8 Å². The highest BCUT2D eigenvalue weighted by molar-refractivity contribution is 5.75. The molecule has 0 bridgehead atoms. The quantitative estimate of drug-likeness (QED) is 0.639. The molecule has 0 saturated carbocycles. The topological polar surface area (TPSA) is 57.1 Å². The smallest absolute Gasteiger partial charge is 0.302 e. The maximum atomic E-state index is 10.6. The summed E-state index contributed by atoms with van der Waals surface area (Å²) >= 11 is 0. The number of carbonyl (C=O) groups is 1. The average molecular weight is 213 g/mol. The Balaban J connectivity index is 1.81. The summed E-state index contributed by atoms with van der Waals surface area (Å²) in [6.07, 6.45) is 1.44. The van der Waals surface area contributed by atoms with Crippen LogP contribution in [0.4, 0.5) is 0 Å². The predicted octanol–water partition coefficient (Wildman–Crippen LogP) is 0.872. The van der Waals surface area contributed by atoms with Crippen molar-refractivity contribution >= 4 is 11.9 Å². The maximum Gasteiger partial charge on any atom is 0.302 e. The molecule has 5 nitrogen and oxygen atoms in total. The molecule has 84 valence electrons. The third kappa shape index (κ3) is 2.47. The van der Waals surface area contributed by atoms with Crippen molar-refractivity contribution in [1.29, 1.82) is 0 Å². The maximum absolute atomic E-state index is 10.6. The van der Waals surface area contributed by atoms with Crippen LogP contribution in [0.5, 0.6) is 0 Å². The Hall–Kier alpha value is -1.10. The van der Waals surface area contributed by atoms with Crippen LogP contribution in [-0.2, 0) is 19.0 Å². The molecule has 0 aromatic rings. The molecule has 2 rings (SSSR count). The molecule has 15 heavy (non-hydrogen) atoms. The van der Waals surface area contributed by atoms with Crippen LogP contribution in [-0.4, -0.2) is 36.9 Å². The van der Waals surface area contributed by atoms with Gasteiger partial charge in [-0.1, -0.05) is 0 Å². The lowest BCUT2D eigenvalue weighted by atomic mass is 10.1. The van der Waals surface area contributed by atoms with E-state index in [1.807, 2.05) is 6.92 Å². The van der Waals surface area contributed by atoms with E-state index in [2.05, 4.69) is 4.99 Å². The Bertz CT molecular complexity index is 289. The van der Waals surface area contributed by atoms with Gasteiger partial charge in [0.05, 0.1) is 6.10 Å². The van der Waals surface area contributed by atoms with Gasteiger partial charge in [0.1, 0.15) is 12.6 Å². The minimum Gasteiger partial charge on any atom is -0.463 e. The Labute approximate surface area is 88.4 Å². The first-order valence-electron chi connectivity index (χ1n) is 5.15. The lowest BCUT2D eigenvalue weighted by Crippen LogP contribution is -2.38. The van der Waals surface area contributed by atoms with Crippen molar-refractivity contribution in [2.24, 2.45) is 4.99 Å². The van der Waals surface area contributed by atoms with E-state index in [-0.39, 0.29) is 24.4 Å². The molecule has 5 heteroatoms. The fourth-order valence-electron chi connectivity index (χ4n) is 1.84. The number of esters is 1. The van der Waals surface area contributed by atoms with E-state index in [4.69, 9.17) is 14.2 Å². The SMILES string of the molecule is CC(=O)OC[C@H]1CC[C@H]2N=C(C)O[C@H]2O1. The van der Waals surface area contributed by atoms with Gasteiger partial charge in [-0.3, -0.25) is 4.79 Å². The van der Waals surface area contributed by atoms with Gasteiger partial charge >= 0.3 is 5.97 Å². The van der Waals surface area contributed by atoms with Gasteiger partial charge in [-0.2, -0.15) is 0 Å². The molecule has 0 amide bonds. The molecule has 2 aliphatic rings. The van der Waals surface area contributed by atoms with Crippen molar-refractivity contribution < 1.29 is 19.0 Å². The number of hydrogen-bond donors (Lipinski definition) is 0. The van der Waals surface area contributed by atoms with Crippen molar-refractivity contribution in [1.82, 2.24) is 0 Å². The van der Waals surface area contributed by atoms with Crippen LogP contribution in [0.25, 0.3) is 0 Å². The van der Waals surface area contributed by atoms with Crippen molar-refractivity contribution in [2.75, 3.05) is 6.61 Å². The Morgan fingerprint density at radius 1 is 1.60 bits per heavy atom. The van der Waals surface area contributed by atoms with Crippen LogP contribution in [0.15, 0.2) is 4.99 Å². The summed E-state index contributed by atoms with van der Waals surface area (Å²) in [5.74, 6) is 0.402. The van der Waals surface area contributed by atoms with Gasteiger partial charge in [0.15, 0.2) is 5.90 Å². The Morgan fingerprint density at radius 3 is 3.13 bits per heavy atom. The molecular formula is C10H15NO4. The molecule has 2 aliphatic heterocycles. The van der Waals surface area contributed by atoms with Gasteiger partial charge in [0.2, 0.25) is 6.29 Å². The highest BCUT2D eigenvalue weighted by Gasteiger charge is 2.37. The number of carbonyl (C=O) groups excluding carboxylic acids is 1. The van der Waals surface area contributed by atoms with E-state index in [9.17, 15) is 4.79 Å². The second kappa shape index (κ2) is 4.18. The molecule has 1 fully saturated rings. The summed E-state index contributed by atoms with van der Waals surface area (Å²) in [5.41, 5.74) is 0. The van der Waals surface area contributed by atoms with Crippen molar-refractivity contribution in [3.05, 3.63) is 0 Å². The van der Waals surface area contributed by atoms with E-state index >= 15 is 0 Å². The third-order valence-electron chi connectivity index (χ3n) is 2.53. The first-order chi connectivity index (χ1) is 7.15. The molecule has 0 aliphatic carbocycles. The summed E-state index contributed by atoms with van der Waals surface area (Å²) in [6, 6.07) is 0.124. The van der Waals surface area contributed by atoms with Crippen LogP contribution in [0, 0.1) is 0 Å². The second-order valence-electron chi connectivity index (χ2n) is 3.84. The van der Waals surface area contributed by atoms with Gasteiger partial charge in [-0.15, -0.1) is 0 Å². The summed E-state index contributed by atoms with van der Waals surface area (Å²) in [4.78, 5) is 14.9. The molecule has 3 atom stereocenters. The predicted molar refractivity (Wildman–Crippen MR) is 52.5 cm³/mol. The minimum absolute atomic E-state index is 0.0590. The normalized spacial score (nSPS) is 34.0. The largest absolute Gasteiger partial charge is 0.463 e. The highest BCUT2D eigenvalue weighted by Crippen LogP contribution is 2.27. The number of hydrogen-bond acceptors (Lipinski definition) is 5. The number of fused-ring (bicyclic) bond motifs is 1. The summed E-state index contributed by atoms with van der Waals surface area (Å²) < 4.78 is 15.9. The molecule has 0 N–H and O–H groups in total. The molecule has 0 unspecified atom stereocenters. The number of aliphatic imine (C=N–C) groups is 1. The highest BCUT2D eigenvalue weighted by atomic mass is 16.7. The van der Waals surface area contributed by atoms with Crippen molar-refractivity contribution in [3.8, 4) is 0 Å². The van der Waals surface area contributed by atoms with Crippen molar-refractivity contribution in [3.63, 3.8) is 0 Å². The lowest BCUT2D eigenvalue weighted by Gasteiger charge is -2.29. The average Bonchev–Trinajstić information content (AvgIpc) is 2.53. The van der Waals surface area contributed by atoms with Gasteiger partial charge < -0.3 is 14.2 Å². The zero-order valence-corrected chi connectivity index (χ0v) is 8.93. The first kappa shape index (κ1) is 10.4. The zero-order chi connectivity index (χ0) is 10.8. The van der Waals surface area contributed by atoms with E-state index in [0.29, 0.717) is 12.5 Å². The molecule has 0 spiro atoms. The lowest BCUT2D eigenvalue weighted by molar-refractivity contribution is -0.175. The summed E-state index contributed by atoms with van der Waals surface area (Å²) in [7, 11) is 0. The molecule has 1 saturated heterocycles. The van der Waals surface area contributed by atoms with Crippen LogP contribution >= 0.6 is 0 Å². The molecule has 2 heterocycles. The van der Waals surface area contributed by atoms with Crippen LogP contribution < -0.4 is 0 Å². The first-order valence-corrected chi connectivity index (χ1v) is 5.15. The van der Waals surface area contributed by atoms with E-state index in [1.54, 1.807) is 0 Å². The minimum atomic E-state index is -0.278. The van der Waals surface area contributed by atoms with Crippen LogP contribution in [0.3, 0.4) is 0 Å². The molecule has 0 aromatic carbocycles. The number of nitrogens with zero attached hydrogens (tertiary/aromatic N) is 1. The van der Waals surface area contributed by atoms with Crippen LogP contribution in [0.2, 0.25) is 0 Å². The molecular weight excluding hydrogens is 198 g/mol. The van der Waals surface area contributed by atoms with Crippen LogP contribution in [0.1, 0.15) is 26.7 Å². The second-order valence-corrected chi connectivity index (χ2v) is 3.84. The van der Waals surface area contributed by atoms with E-state index in [0.717, 1.165) is 12.8 Å². The Morgan fingerprint density at radius 2 is 2.40 bits per heavy atom. The van der Waals surface area contributed by atoms with E-state index in [1.165, 1.54) is 6.92 Å². The molecule has 0 aromatic heterocycles. The third-order valence-corrected chi connectivity index (χ3v) is 2.53. The van der Waals surface area contributed by atoms with Gasteiger partial charge in [-0.25, -0.2) is 4.99 Å². The van der Waals surface area contributed by atoms with Crippen molar-refractivity contribution in [2.45, 2.75) is 45.1 Å². The summed E-state index contributed by atoms with van der Waals surface area (Å²) in [5, 5.41) is 0. The summed E-state index contributed by atoms with van der Waals surface area (Å²) in [6.45, 7) is 3.52. The van der Waals surface area contributed by atoms with E-state index < -0.39 is 0 Å². The monoisotopic (exact) mass is 213 g/mol. The van der Waals surface area contributed by atoms with Gasteiger partial charge in [0.25, 0.3) is 0 Å². The number of rotatable bonds is 2. The standard InChI is InChI=1S/C10H15NO4/c1-6-11-9-4-3-8(5-13-7(2)12)15-10(9)14-6/h8-10H,3-5H2,1-2H3/t8-,9-,10+/m1/s1. The molecule has 0 radical (unpaired) electrons. The fourth-order valence-corrected chi connectivity index (χ4v) is 1.84. The number of ether oxygens (including phenoxy) is 3. The van der Waals surface area contributed by atoms with Gasteiger partial charge in [0, 0.05) is 13.8 Å². The Kier molecular flexibility index (Phi) is 2.90. The zero-order valence-electron chi connectivity index (χ0n) is 8.93.